The van der Waals surface area contributed by atoms with E-state index in [2.05, 4.69) is 0 Å². The molecule has 5 heteroatoms. The summed E-state index contributed by atoms with van der Waals surface area (Å²) in [6.07, 6.45) is -1.19. The zero-order valence-corrected chi connectivity index (χ0v) is 11.5. The topological polar surface area (TPSA) is 61.8 Å². The second kappa shape index (κ2) is 6.78. The fourth-order valence-electron chi connectivity index (χ4n) is 1.73. The maximum absolute atomic E-state index is 11.2. The molecule has 0 aliphatic heterocycles. The third kappa shape index (κ3) is 4.62. The lowest BCUT2D eigenvalue weighted by Crippen LogP contribution is -2.25. The Morgan fingerprint density at radius 2 is 1.53 bits per heavy atom. The molecule has 0 N–H and O–H groups in total. The van der Waals surface area contributed by atoms with Crippen molar-refractivity contribution >= 4 is 11.9 Å². The van der Waals surface area contributed by atoms with E-state index in [1.165, 1.54) is 13.8 Å². The second-order valence-corrected chi connectivity index (χ2v) is 4.12. The highest BCUT2D eigenvalue weighted by molar-refractivity contribution is 5.67. The van der Waals surface area contributed by atoms with Crippen molar-refractivity contribution in [2.24, 2.45) is 0 Å². The molecule has 0 aliphatic rings. The van der Waals surface area contributed by atoms with Crippen LogP contribution in [0.2, 0.25) is 0 Å². The van der Waals surface area contributed by atoms with Crippen LogP contribution in [-0.4, -0.2) is 25.2 Å². The van der Waals surface area contributed by atoms with E-state index in [1.807, 2.05) is 0 Å². The number of esters is 2. The average Bonchev–Trinajstić information content (AvgIpc) is 2.35. The van der Waals surface area contributed by atoms with Gasteiger partial charge in [-0.15, -0.1) is 0 Å². The van der Waals surface area contributed by atoms with Gasteiger partial charge in [-0.1, -0.05) is 12.1 Å². The highest BCUT2D eigenvalue weighted by atomic mass is 16.6. The summed E-state index contributed by atoms with van der Waals surface area (Å²) in [6.45, 7) is 4.31. The van der Waals surface area contributed by atoms with Crippen LogP contribution < -0.4 is 4.74 Å². The van der Waals surface area contributed by atoms with E-state index >= 15 is 0 Å². The van der Waals surface area contributed by atoms with E-state index in [0.717, 1.165) is 5.56 Å². The minimum Gasteiger partial charge on any atom is -0.497 e. The van der Waals surface area contributed by atoms with Gasteiger partial charge in [-0.25, -0.2) is 0 Å². The standard InChI is InChI=1S/C14H18O5/c1-9(18-10(2)15)14(19-11(3)16)12-5-7-13(17-4)8-6-12/h5-9,14H,1-4H3/t9-,14?/m1/s1. The minimum absolute atomic E-state index is 0.418. The predicted octanol–water partition coefficient (Wildman–Crippen LogP) is 2.25. The van der Waals surface area contributed by atoms with Crippen LogP contribution in [0, 0.1) is 0 Å². The quantitative estimate of drug-likeness (QED) is 0.765. The lowest BCUT2D eigenvalue weighted by Gasteiger charge is -2.23. The minimum atomic E-state index is -0.632. The Labute approximate surface area is 112 Å². The summed E-state index contributed by atoms with van der Waals surface area (Å²) in [5.41, 5.74) is 0.741. The molecule has 0 heterocycles. The van der Waals surface area contributed by atoms with Crippen LogP contribution in [-0.2, 0) is 19.1 Å². The second-order valence-electron chi connectivity index (χ2n) is 4.12. The molecule has 104 valence electrons. The summed E-state index contributed by atoms with van der Waals surface area (Å²) in [6, 6.07) is 7.05. The Bertz CT molecular complexity index is 438. The Hall–Kier alpha value is -2.04. The van der Waals surface area contributed by atoms with E-state index in [4.69, 9.17) is 14.2 Å². The zero-order chi connectivity index (χ0) is 14.4. The molecule has 5 nitrogen and oxygen atoms in total. The van der Waals surface area contributed by atoms with Crippen molar-refractivity contribution in [1.82, 2.24) is 0 Å². The van der Waals surface area contributed by atoms with Gasteiger partial charge < -0.3 is 14.2 Å². The van der Waals surface area contributed by atoms with Crippen molar-refractivity contribution in [2.45, 2.75) is 33.0 Å². The molecular formula is C14H18O5. The van der Waals surface area contributed by atoms with Crippen LogP contribution in [0.25, 0.3) is 0 Å². The smallest absolute Gasteiger partial charge is 0.303 e. The largest absolute Gasteiger partial charge is 0.497 e. The predicted molar refractivity (Wildman–Crippen MR) is 68.7 cm³/mol. The van der Waals surface area contributed by atoms with Crippen molar-refractivity contribution in [3.8, 4) is 5.75 Å². The summed E-state index contributed by atoms with van der Waals surface area (Å²) in [5, 5.41) is 0. The third-order valence-corrected chi connectivity index (χ3v) is 2.52. The number of benzene rings is 1. The van der Waals surface area contributed by atoms with Gasteiger partial charge in [-0.2, -0.15) is 0 Å². The van der Waals surface area contributed by atoms with Crippen LogP contribution in [0.3, 0.4) is 0 Å². The van der Waals surface area contributed by atoms with Crippen molar-refractivity contribution in [3.05, 3.63) is 29.8 Å². The van der Waals surface area contributed by atoms with E-state index in [-0.39, 0.29) is 0 Å². The van der Waals surface area contributed by atoms with Gasteiger partial charge >= 0.3 is 11.9 Å². The van der Waals surface area contributed by atoms with Crippen LogP contribution in [0.15, 0.2) is 24.3 Å². The summed E-state index contributed by atoms with van der Waals surface area (Å²) < 4.78 is 15.4. The number of ether oxygens (including phenoxy) is 3. The average molecular weight is 266 g/mol. The number of hydrogen-bond acceptors (Lipinski definition) is 5. The van der Waals surface area contributed by atoms with E-state index in [9.17, 15) is 9.59 Å². The Balaban J connectivity index is 2.93. The van der Waals surface area contributed by atoms with E-state index in [1.54, 1.807) is 38.3 Å². The lowest BCUT2D eigenvalue weighted by atomic mass is 10.0. The van der Waals surface area contributed by atoms with Gasteiger partial charge in [-0.05, 0) is 24.6 Å². The molecule has 1 aromatic rings. The molecule has 1 unspecified atom stereocenters. The Morgan fingerprint density at radius 1 is 1.00 bits per heavy atom. The monoisotopic (exact) mass is 266 g/mol. The third-order valence-electron chi connectivity index (χ3n) is 2.52. The Morgan fingerprint density at radius 3 is 1.95 bits per heavy atom. The number of carbonyl (C=O) groups excluding carboxylic acids is 2. The fraction of sp³-hybridized carbons (Fsp3) is 0.429. The lowest BCUT2D eigenvalue weighted by molar-refractivity contribution is -0.164. The first kappa shape index (κ1) is 15.0. The number of hydrogen-bond donors (Lipinski definition) is 0. The van der Waals surface area contributed by atoms with Crippen LogP contribution in [0.4, 0.5) is 0 Å². The first-order valence-electron chi connectivity index (χ1n) is 5.92. The summed E-state index contributed by atoms with van der Waals surface area (Å²) in [7, 11) is 1.57. The van der Waals surface area contributed by atoms with Crippen LogP contribution in [0.5, 0.6) is 5.75 Å². The van der Waals surface area contributed by atoms with Crippen molar-refractivity contribution < 1.29 is 23.8 Å². The van der Waals surface area contributed by atoms with Crippen molar-refractivity contribution in [2.75, 3.05) is 7.11 Å². The van der Waals surface area contributed by atoms with Gasteiger partial charge in [0.15, 0.2) is 6.10 Å². The number of methoxy groups -OCH3 is 1. The highest BCUT2D eigenvalue weighted by Crippen LogP contribution is 2.25. The van der Waals surface area contributed by atoms with E-state index in [0.29, 0.717) is 5.75 Å². The van der Waals surface area contributed by atoms with Crippen molar-refractivity contribution in [3.63, 3.8) is 0 Å². The molecular weight excluding hydrogens is 248 g/mol. The van der Waals surface area contributed by atoms with Gasteiger partial charge in [0, 0.05) is 13.8 Å². The summed E-state index contributed by atoms with van der Waals surface area (Å²) in [5.74, 6) is -0.150. The van der Waals surface area contributed by atoms with Crippen molar-refractivity contribution in [1.29, 1.82) is 0 Å². The van der Waals surface area contributed by atoms with Gasteiger partial charge in [0.05, 0.1) is 7.11 Å². The number of rotatable bonds is 5. The SMILES string of the molecule is COc1ccc(C(OC(C)=O)[C@@H](C)OC(C)=O)cc1. The molecule has 2 atom stereocenters. The molecule has 0 radical (unpaired) electrons. The normalized spacial score (nSPS) is 13.3. The molecule has 0 bridgehead atoms. The molecule has 0 aromatic heterocycles. The van der Waals surface area contributed by atoms with Gasteiger partial charge in [-0.3, -0.25) is 9.59 Å². The molecule has 19 heavy (non-hydrogen) atoms. The Kier molecular flexibility index (Phi) is 5.36. The molecule has 0 aliphatic carbocycles. The van der Waals surface area contributed by atoms with Gasteiger partial charge in [0.2, 0.25) is 0 Å². The van der Waals surface area contributed by atoms with Crippen LogP contribution >= 0.6 is 0 Å². The maximum Gasteiger partial charge on any atom is 0.303 e. The van der Waals surface area contributed by atoms with E-state index < -0.39 is 24.1 Å². The molecule has 0 amide bonds. The first-order valence-corrected chi connectivity index (χ1v) is 5.92. The molecule has 0 spiro atoms. The summed E-state index contributed by atoms with van der Waals surface area (Å²) >= 11 is 0. The molecule has 0 saturated heterocycles. The van der Waals surface area contributed by atoms with Gasteiger partial charge in [0.25, 0.3) is 0 Å². The highest BCUT2D eigenvalue weighted by Gasteiger charge is 2.24. The first-order chi connectivity index (χ1) is 8.93. The fourth-order valence-corrected chi connectivity index (χ4v) is 1.73. The zero-order valence-electron chi connectivity index (χ0n) is 11.5. The van der Waals surface area contributed by atoms with Crippen LogP contribution in [0.1, 0.15) is 32.4 Å². The molecule has 1 aromatic carbocycles. The number of carbonyl (C=O) groups is 2. The molecule has 0 saturated carbocycles. The maximum atomic E-state index is 11.2. The summed E-state index contributed by atoms with van der Waals surface area (Å²) in [4.78, 5) is 22.1. The molecule has 1 rings (SSSR count). The molecule has 0 fully saturated rings. The van der Waals surface area contributed by atoms with Gasteiger partial charge in [0.1, 0.15) is 11.9 Å².